The maximum atomic E-state index is 14.0. The molecule has 0 saturated heterocycles. The summed E-state index contributed by atoms with van der Waals surface area (Å²) < 4.78 is 0. The zero-order chi connectivity index (χ0) is 46.5. The third kappa shape index (κ3) is 26.5. The molecule has 1 aromatic rings. The monoisotopic (exact) mass is 911 g/mol. The van der Waals surface area contributed by atoms with E-state index in [-0.39, 0.29) is 80.6 Å². The van der Waals surface area contributed by atoms with Gasteiger partial charge < -0.3 is 56.4 Å². The smallest absolute Gasteiger partial charge is 0.256 e. The molecule has 2 unspecified atom stereocenters. The van der Waals surface area contributed by atoms with E-state index in [2.05, 4.69) is 36.9 Å². The fourth-order valence-electron chi connectivity index (χ4n) is 6.08. The molecular weight excluding hydrogens is 837 g/mol. The summed E-state index contributed by atoms with van der Waals surface area (Å²) in [5.74, 6) is -1.62. The average Bonchev–Trinajstić information content (AvgIpc) is 3.17. The number of nitrogens with zero attached hydrogens (tertiary/aromatic N) is 6. The van der Waals surface area contributed by atoms with Gasteiger partial charge in [-0.2, -0.15) is 0 Å². The van der Waals surface area contributed by atoms with Crippen LogP contribution in [-0.2, 0) is 28.8 Å². The highest BCUT2D eigenvalue weighted by Crippen LogP contribution is 2.31. The molecule has 0 aliphatic heterocycles. The Balaban J connectivity index is 2.95. The molecule has 0 bridgehead atoms. The van der Waals surface area contributed by atoms with Crippen molar-refractivity contribution in [3.8, 4) is 0 Å². The van der Waals surface area contributed by atoms with Crippen molar-refractivity contribution >= 4 is 62.9 Å². The number of likely N-dealkylation sites (N-methyl/N-ethyl adjacent to an activating group) is 4. The van der Waals surface area contributed by atoms with Crippen LogP contribution >= 0.6 is 21.6 Å². The van der Waals surface area contributed by atoms with Gasteiger partial charge in [0, 0.05) is 56.6 Å². The van der Waals surface area contributed by atoms with Crippen molar-refractivity contribution in [1.29, 1.82) is 0 Å². The number of unbranched alkanes of at least 4 members (excludes halogenated alkanes) is 2. The predicted octanol–water partition coefficient (Wildman–Crippen LogP) is -0.304. The number of hydrogen-bond donors (Lipinski definition) is 6. The maximum Gasteiger partial charge on any atom is 0.256 e. The molecule has 62 heavy (non-hydrogen) atoms. The highest BCUT2D eigenvalue weighted by molar-refractivity contribution is 8.76. The van der Waals surface area contributed by atoms with Crippen LogP contribution in [0.5, 0.6) is 0 Å². The SMILES string of the molecule is CSSc1ccncc1C(=O)N(CCCNC(=O)C(CCCCNC(=O)CN(C)C)NC(=O)CN(C)C)CCCNC(=O)C(CCCCNC(=O)CN(C)C)NC(=O)CN(C)C. The Morgan fingerprint density at radius 1 is 0.565 bits per heavy atom. The van der Waals surface area contributed by atoms with E-state index < -0.39 is 12.1 Å². The Hall–Kier alpha value is -4.02. The largest absolute Gasteiger partial charge is 0.355 e. The molecule has 0 radical (unpaired) electrons. The number of hydrogen-bond acceptors (Lipinski definition) is 14. The Bertz CT molecular complexity index is 1460. The van der Waals surface area contributed by atoms with Gasteiger partial charge in [-0.25, -0.2) is 0 Å². The molecule has 352 valence electrons. The summed E-state index contributed by atoms with van der Waals surface area (Å²) in [5, 5.41) is 17.3. The second-order valence-electron chi connectivity index (χ2n) is 16.1. The van der Waals surface area contributed by atoms with E-state index in [1.165, 1.54) is 21.6 Å². The summed E-state index contributed by atoms with van der Waals surface area (Å²) in [6, 6.07) is 0.249. The van der Waals surface area contributed by atoms with E-state index in [1.807, 2.05) is 34.4 Å². The van der Waals surface area contributed by atoms with Gasteiger partial charge in [0.15, 0.2) is 0 Å². The third-order valence-corrected chi connectivity index (χ3v) is 10.6. The van der Waals surface area contributed by atoms with Crippen molar-refractivity contribution in [2.24, 2.45) is 0 Å². The van der Waals surface area contributed by atoms with E-state index in [9.17, 15) is 33.6 Å². The highest BCUT2D eigenvalue weighted by atomic mass is 33.1. The molecule has 6 N–H and O–H groups in total. The molecule has 0 aliphatic carbocycles. The van der Waals surface area contributed by atoms with Crippen LogP contribution in [0, 0.1) is 0 Å². The molecule has 0 fully saturated rings. The van der Waals surface area contributed by atoms with Gasteiger partial charge in [-0.3, -0.25) is 38.5 Å². The standard InChI is InChI=1S/C41H74N12O7S2/c1-49(2)27-35(54)43-19-12-10-16-32(47-37(56)29-51(5)6)39(58)45-21-14-24-53(41(60)31-26-42-23-18-34(31)62-61-9)25-15-22-46-40(59)33(48-38(57)30-52(7)8)17-11-13-20-44-36(55)28-50(3)4/h18,23,26,32-33H,10-17,19-22,24-25,27-30H2,1-9H3,(H,43,54)(H,44,55)(H,45,58)(H,46,59)(H,47,56)(H,48,57). The van der Waals surface area contributed by atoms with Gasteiger partial charge in [0.2, 0.25) is 35.4 Å². The van der Waals surface area contributed by atoms with Crippen molar-refractivity contribution in [3.63, 3.8) is 0 Å². The Kier molecular flexibility index (Phi) is 29.5. The molecular formula is C41H74N12O7S2. The summed E-state index contributed by atoms with van der Waals surface area (Å²) in [5.41, 5.74) is 0.447. The zero-order valence-electron chi connectivity index (χ0n) is 38.5. The van der Waals surface area contributed by atoms with Crippen LogP contribution in [0.1, 0.15) is 61.7 Å². The highest BCUT2D eigenvalue weighted by Gasteiger charge is 2.24. The second kappa shape index (κ2) is 32.6. The quantitative estimate of drug-likeness (QED) is 0.0394. The maximum absolute atomic E-state index is 14.0. The summed E-state index contributed by atoms with van der Waals surface area (Å²) in [6.45, 7) is 2.81. The number of aromatic nitrogens is 1. The van der Waals surface area contributed by atoms with Gasteiger partial charge in [0.1, 0.15) is 12.1 Å². The lowest BCUT2D eigenvalue weighted by atomic mass is 10.1. The normalized spacial score (nSPS) is 12.2. The zero-order valence-corrected chi connectivity index (χ0v) is 40.1. The molecule has 2 atom stereocenters. The minimum atomic E-state index is -0.770. The number of carbonyl (C=O) groups excluding carboxylic acids is 7. The van der Waals surface area contributed by atoms with Gasteiger partial charge in [-0.05, 0) is 120 Å². The minimum Gasteiger partial charge on any atom is -0.355 e. The van der Waals surface area contributed by atoms with Crippen molar-refractivity contribution in [1.82, 2.24) is 61.4 Å². The number of carbonyl (C=O) groups is 7. The summed E-state index contributed by atoms with van der Waals surface area (Å²) in [6.07, 6.45) is 9.18. The van der Waals surface area contributed by atoms with Crippen LogP contribution in [0.15, 0.2) is 23.4 Å². The van der Waals surface area contributed by atoms with E-state index in [1.54, 1.807) is 71.2 Å². The lowest BCUT2D eigenvalue weighted by Gasteiger charge is -2.25. The van der Waals surface area contributed by atoms with Crippen LogP contribution in [0.4, 0.5) is 0 Å². The van der Waals surface area contributed by atoms with Crippen LogP contribution in [0.2, 0.25) is 0 Å². The van der Waals surface area contributed by atoms with Gasteiger partial charge in [0.05, 0.1) is 31.7 Å². The Labute approximate surface area is 377 Å². The van der Waals surface area contributed by atoms with Crippen LogP contribution < -0.4 is 31.9 Å². The third-order valence-electron chi connectivity index (χ3n) is 8.91. The molecule has 21 heteroatoms. The van der Waals surface area contributed by atoms with Gasteiger partial charge >= 0.3 is 0 Å². The predicted molar refractivity (Wildman–Crippen MR) is 247 cm³/mol. The summed E-state index contributed by atoms with van der Waals surface area (Å²) in [7, 11) is 17.3. The van der Waals surface area contributed by atoms with Gasteiger partial charge in [0.25, 0.3) is 5.91 Å². The first-order valence-corrected chi connectivity index (χ1v) is 23.7. The van der Waals surface area contributed by atoms with Gasteiger partial charge in [-0.1, -0.05) is 21.6 Å². The Morgan fingerprint density at radius 3 is 1.37 bits per heavy atom. The van der Waals surface area contributed by atoms with E-state index in [0.717, 1.165) is 4.90 Å². The number of amides is 7. The van der Waals surface area contributed by atoms with Gasteiger partial charge in [-0.15, -0.1) is 0 Å². The first-order chi connectivity index (χ1) is 29.4. The second-order valence-corrected chi connectivity index (χ2v) is 18.5. The fraction of sp³-hybridized carbons (Fsp3) is 0.707. The molecule has 1 aromatic heterocycles. The van der Waals surface area contributed by atoms with Crippen molar-refractivity contribution in [3.05, 3.63) is 24.0 Å². The van der Waals surface area contributed by atoms with E-state index in [4.69, 9.17) is 0 Å². The van der Waals surface area contributed by atoms with Crippen molar-refractivity contribution < 1.29 is 33.6 Å². The first kappa shape index (κ1) is 56.0. The van der Waals surface area contributed by atoms with Crippen molar-refractivity contribution in [2.75, 3.05) is 128 Å². The van der Waals surface area contributed by atoms with E-state index in [0.29, 0.717) is 83.1 Å². The molecule has 1 heterocycles. The van der Waals surface area contributed by atoms with Crippen LogP contribution in [0.25, 0.3) is 0 Å². The van der Waals surface area contributed by atoms with Crippen LogP contribution in [0.3, 0.4) is 0 Å². The fourth-order valence-corrected chi connectivity index (χ4v) is 7.58. The molecule has 0 aromatic carbocycles. The lowest BCUT2D eigenvalue weighted by molar-refractivity contribution is -0.129. The summed E-state index contributed by atoms with van der Waals surface area (Å²) >= 11 is 0. The number of nitrogens with one attached hydrogen (secondary N) is 6. The Morgan fingerprint density at radius 2 is 0.968 bits per heavy atom. The molecule has 0 spiro atoms. The summed E-state index contributed by atoms with van der Waals surface area (Å²) in [4.78, 5) is 104. The van der Waals surface area contributed by atoms with Crippen LogP contribution in [-0.4, -0.2) is 211 Å². The average molecular weight is 911 g/mol. The topological polar surface area (TPSA) is 221 Å². The number of rotatable bonds is 33. The molecule has 0 aliphatic rings. The number of pyridine rings is 1. The molecule has 19 nitrogen and oxygen atoms in total. The van der Waals surface area contributed by atoms with Crippen molar-refractivity contribution in [2.45, 2.75) is 68.3 Å². The van der Waals surface area contributed by atoms with E-state index >= 15 is 0 Å². The minimum absolute atomic E-state index is 0.0828. The molecule has 1 rings (SSSR count). The lowest BCUT2D eigenvalue weighted by Crippen LogP contribution is -2.49. The molecule has 0 saturated carbocycles. The molecule has 7 amide bonds. The first-order valence-electron chi connectivity index (χ1n) is 21.1.